The van der Waals surface area contributed by atoms with Gasteiger partial charge in [0.2, 0.25) is 0 Å². The third kappa shape index (κ3) is 3.00. The van der Waals surface area contributed by atoms with E-state index in [0.29, 0.717) is 30.3 Å². The highest BCUT2D eigenvalue weighted by Crippen LogP contribution is 2.28. The Morgan fingerprint density at radius 1 is 1.16 bits per heavy atom. The van der Waals surface area contributed by atoms with Gasteiger partial charge in [0.15, 0.2) is 5.82 Å². The summed E-state index contributed by atoms with van der Waals surface area (Å²) in [5, 5.41) is 20.4. The van der Waals surface area contributed by atoms with Crippen LogP contribution in [0.25, 0.3) is 11.4 Å². The SMILES string of the molecule is COc1cc(OC)cc(-c2nnnn2CCCO)c1. The van der Waals surface area contributed by atoms with Gasteiger partial charge in [-0.25, -0.2) is 4.68 Å². The number of hydrogen-bond donors (Lipinski definition) is 1. The Morgan fingerprint density at radius 2 is 1.84 bits per heavy atom. The molecule has 7 nitrogen and oxygen atoms in total. The molecular formula is C12H16N4O3. The summed E-state index contributed by atoms with van der Waals surface area (Å²) in [4.78, 5) is 0. The van der Waals surface area contributed by atoms with Gasteiger partial charge >= 0.3 is 0 Å². The maximum atomic E-state index is 8.87. The van der Waals surface area contributed by atoms with Gasteiger partial charge in [0.05, 0.1) is 14.2 Å². The van der Waals surface area contributed by atoms with Gasteiger partial charge in [0.25, 0.3) is 0 Å². The zero-order valence-corrected chi connectivity index (χ0v) is 10.9. The van der Waals surface area contributed by atoms with Crippen molar-refractivity contribution in [3.05, 3.63) is 18.2 Å². The highest BCUT2D eigenvalue weighted by Gasteiger charge is 2.11. The molecule has 7 heteroatoms. The molecule has 0 aliphatic heterocycles. The van der Waals surface area contributed by atoms with Crippen LogP contribution in [0.15, 0.2) is 18.2 Å². The Labute approximate surface area is 110 Å². The van der Waals surface area contributed by atoms with Gasteiger partial charge in [0.1, 0.15) is 11.5 Å². The summed E-state index contributed by atoms with van der Waals surface area (Å²) in [6, 6.07) is 5.46. The Bertz CT molecular complexity index is 519. The fourth-order valence-corrected chi connectivity index (χ4v) is 1.72. The predicted molar refractivity (Wildman–Crippen MR) is 68.1 cm³/mol. The van der Waals surface area contributed by atoms with Crippen LogP contribution in [0.3, 0.4) is 0 Å². The second-order valence-corrected chi connectivity index (χ2v) is 3.90. The predicted octanol–water partition coefficient (Wildman–Crippen LogP) is 0.740. The molecule has 0 spiro atoms. The molecule has 0 fully saturated rings. The normalized spacial score (nSPS) is 10.5. The van der Waals surface area contributed by atoms with Crippen molar-refractivity contribution in [1.82, 2.24) is 20.2 Å². The number of hydrogen-bond acceptors (Lipinski definition) is 6. The molecule has 102 valence electrons. The highest BCUT2D eigenvalue weighted by atomic mass is 16.5. The summed E-state index contributed by atoms with van der Waals surface area (Å²) in [5.41, 5.74) is 0.805. The van der Waals surface area contributed by atoms with Crippen LogP contribution in [-0.2, 0) is 6.54 Å². The average molecular weight is 264 g/mol. The molecule has 0 amide bonds. The van der Waals surface area contributed by atoms with Gasteiger partial charge in [-0.05, 0) is 29.0 Å². The number of rotatable bonds is 6. The van der Waals surface area contributed by atoms with Crippen molar-refractivity contribution in [3.8, 4) is 22.9 Å². The lowest BCUT2D eigenvalue weighted by molar-refractivity contribution is 0.276. The smallest absolute Gasteiger partial charge is 0.182 e. The summed E-state index contributed by atoms with van der Waals surface area (Å²) in [6.45, 7) is 0.652. The van der Waals surface area contributed by atoms with E-state index in [9.17, 15) is 0 Å². The van der Waals surface area contributed by atoms with Gasteiger partial charge in [0, 0.05) is 24.8 Å². The quantitative estimate of drug-likeness (QED) is 0.828. The van der Waals surface area contributed by atoms with Crippen LogP contribution in [0.2, 0.25) is 0 Å². The molecule has 0 atom stereocenters. The maximum absolute atomic E-state index is 8.87. The fraction of sp³-hybridized carbons (Fsp3) is 0.417. The largest absolute Gasteiger partial charge is 0.497 e. The summed E-state index contributed by atoms with van der Waals surface area (Å²) in [7, 11) is 3.18. The van der Waals surface area contributed by atoms with E-state index in [-0.39, 0.29) is 6.61 Å². The topological polar surface area (TPSA) is 82.3 Å². The molecule has 0 saturated carbocycles. The minimum atomic E-state index is 0.0979. The third-order valence-electron chi connectivity index (χ3n) is 2.67. The molecule has 1 aromatic carbocycles. The standard InChI is InChI=1S/C12H16N4O3/c1-18-10-6-9(7-11(8-10)19-2)12-13-14-15-16(12)4-3-5-17/h6-8,17H,3-5H2,1-2H3. The lowest BCUT2D eigenvalue weighted by Gasteiger charge is -2.08. The minimum absolute atomic E-state index is 0.0979. The number of aromatic nitrogens is 4. The molecule has 0 bridgehead atoms. The van der Waals surface area contributed by atoms with Gasteiger partial charge < -0.3 is 14.6 Å². The van der Waals surface area contributed by atoms with Crippen molar-refractivity contribution in [2.75, 3.05) is 20.8 Å². The van der Waals surface area contributed by atoms with E-state index < -0.39 is 0 Å². The van der Waals surface area contributed by atoms with Crippen molar-refractivity contribution in [2.45, 2.75) is 13.0 Å². The van der Waals surface area contributed by atoms with Gasteiger partial charge in [-0.15, -0.1) is 5.10 Å². The summed E-state index contributed by atoms with van der Waals surface area (Å²) < 4.78 is 12.1. The molecule has 2 rings (SSSR count). The van der Waals surface area contributed by atoms with Crippen molar-refractivity contribution in [2.24, 2.45) is 0 Å². The number of aryl methyl sites for hydroxylation is 1. The third-order valence-corrected chi connectivity index (χ3v) is 2.67. The van der Waals surface area contributed by atoms with Crippen molar-refractivity contribution in [1.29, 1.82) is 0 Å². The van der Waals surface area contributed by atoms with Crippen molar-refractivity contribution >= 4 is 0 Å². The van der Waals surface area contributed by atoms with Crippen molar-refractivity contribution < 1.29 is 14.6 Å². The van der Waals surface area contributed by atoms with E-state index in [0.717, 1.165) is 5.56 Å². The summed E-state index contributed by atoms with van der Waals surface area (Å²) in [6.07, 6.45) is 0.596. The van der Waals surface area contributed by atoms with Crippen LogP contribution in [0.1, 0.15) is 6.42 Å². The van der Waals surface area contributed by atoms with Crippen LogP contribution >= 0.6 is 0 Å². The first-order valence-corrected chi connectivity index (χ1v) is 5.89. The molecule has 0 saturated heterocycles. The number of methoxy groups -OCH3 is 2. The van der Waals surface area contributed by atoms with Crippen LogP contribution in [0.5, 0.6) is 11.5 Å². The van der Waals surface area contributed by atoms with Crippen LogP contribution in [0, 0.1) is 0 Å². The van der Waals surface area contributed by atoms with Crippen LogP contribution in [0.4, 0.5) is 0 Å². The molecular weight excluding hydrogens is 248 g/mol. The van der Waals surface area contributed by atoms with E-state index in [2.05, 4.69) is 15.5 Å². The zero-order chi connectivity index (χ0) is 13.7. The Kier molecular flexibility index (Phi) is 4.30. The van der Waals surface area contributed by atoms with Crippen LogP contribution in [-0.4, -0.2) is 46.1 Å². The second-order valence-electron chi connectivity index (χ2n) is 3.90. The Hall–Kier alpha value is -2.15. The van der Waals surface area contributed by atoms with Gasteiger partial charge in [-0.1, -0.05) is 0 Å². The minimum Gasteiger partial charge on any atom is -0.497 e. The number of ether oxygens (including phenoxy) is 2. The average Bonchev–Trinajstić information content (AvgIpc) is 2.92. The first kappa shape index (κ1) is 13.3. The fourth-order valence-electron chi connectivity index (χ4n) is 1.72. The van der Waals surface area contributed by atoms with Crippen LogP contribution < -0.4 is 9.47 Å². The monoisotopic (exact) mass is 264 g/mol. The highest BCUT2D eigenvalue weighted by molar-refractivity contribution is 5.60. The van der Waals surface area contributed by atoms with Crippen molar-refractivity contribution in [3.63, 3.8) is 0 Å². The number of aliphatic hydroxyl groups excluding tert-OH is 1. The second kappa shape index (κ2) is 6.14. The molecule has 0 radical (unpaired) electrons. The number of nitrogens with zero attached hydrogens (tertiary/aromatic N) is 4. The molecule has 0 unspecified atom stereocenters. The zero-order valence-electron chi connectivity index (χ0n) is 10.9. The molecule has 1 N–H and O–H groups in total. The molecule has 0 aliphatic carbocycles. The number of tetrazole rings is 1. The molecule has 19 heavy (non-hydrogen) atoms. The Balaban J connectivity index is 2.37. The van der Waals surface area contributed by atoms with E-state index in [1.807, 2.05) is 12.1 Å². The molecule has 0 aliphatic rings. The van der Waals surface area contributed by atoms with Gasteiger partial charge in [-0.3, -0.25) is 0 Å². The number of aliphatic hydroxyl groups is 1. The van der Waals surface area contributed by atoms with E-state index >= 15 is 0 Å². The molecule has 2 aromatic rings. The lowest BCUT2D eigenvalue weighted by atomic mass is 10.2. The van der Waals surface area contributed by atoms with E-state index in [1.54, 1.807) is 25.0 Å². The summed E-state index contributed by atoms with van der Waals surface area (Å²) in [5.74, 6) is 1.96. The maximum Gasteiger partial charge on any atom is 0.182 e. The number of benzene rings is 1. The first-order chi connectivity index (χ1) is 9.28. The molecule has 1 heterocycles. The summed E-state index contributed by atoms with van der Waals surface area (Å²) >= 11 is 0. The Morgan fingerprint density at radius 3 is 2.42 bits per heavy atom. The van der Waals surface area contributed by atoms with E-state index in [1.165, 1.54) is 0 Å². The lowest BCUT2D eigenvalue weighted by Crippen LogP contribution is -2.04. The molecule has 1 aromatic heterocycles. The van der Waals surface area contributed by atoms with Gasteiger partial charge in [-0.2, -0.15) is 0 Å². The first-order valence-electron chi connectivity index (χ1n) is 5.89. The van der Waals surface area contributed by atoms with E-state index in [4.69, 9.17) is 14.6 Å².